The van der Waals surface area contributed by atoms with E-state index in [-0.39, 0.29) is 31.1 Å². The molecule has 0 aliphatic rings. The maximum Gasteiger partial charge on any atom is 0.306 e. The van der Waals surface area contributed by atoms with E-state index >= 15 is 0 Å². The van der Waals surface area contributed by atoms with Gasteiger partial charge < -0.3 is 14.2 Å². The average Bonchev–Trinajstić information content (AvgIpc) is 3.46. The Morgan fingerprint density at radius 2 is 0.487 bits per heavy atom. The molecule has 0 rings (SSSR count). The van der Waals surface area contributed by atoms with Gasteiger partial charge in [-0.2, -0.15) is 0 Å². The zero-order valence-corrected chi connectivity index (χ0v) is 52.3. The fourth-order valence-corrected chi connectivity index (χ4v) is 9.15. The molecule has 0 saturated heterocycles. The van der Waals surface area contributed by atoms with Gasteiger partial charge in [0.1, 0.15) is 13.2 Å². The predicted molar refractivity (Wildman–Crippen MR) is 348 cm³/mol. The SMILES string of the molecule is CC/C=C\C/C=C\C/C=C\C/C=C\C/C=C\C/C=C\CCCCCCCCC(=O)OCC(COC(=O)CCCCCCC/C=C\C/C=C\CCCCCC)OC(=O)CCCCCCCCCCC/C=C\C/C=C\CCCCCCC. The molecule has 80 heavy (non-hydrogen) atoms. The molecular weight excluding hydrogens is 985 g/mol. The van der Waals surface area contributed by atoms with E-state index in [1.54, 1.807) is 0 Å². The summed E-state index contributed by atoms with van der Waals surface area (Å²) in [5, 5.41) is 0. The van der Waals surface area contributed by atoms with Gasteiger partial charge in [0.05, 0.1) is 0 Å². The molecule has 0 aliphatic carbocycles. The molecular formula is C74H124O6. The maximum atomic E-state index is 12.9. The van der Waals surface area contributed by atoms with Crippen molar-refractivity contribution in [3.05, 3.63) is 122 Å². The van der Waals surface area contributed by atoms with Crippen molar-refractivity contribution < 1.29 is 28.6 Å². The van der Waals surface area contributed by atoms with E-state index in [1.165, 1.54) is 128 Å². The molecule has 1 unspecified atom stereocenters. The predicted octanol–water partition coefficient (Wildman–Crippen LogP) is 23.2. The van der Waals surface area contributed by atoms with Crippen molar-refractivity contribution in [1.29, 1.82) is 0 Å². The highest BCUT2D eigenvalue weighted by Gasteiger charge is 2.19. The first-order valence-corrected chi connectivity index (χ1v) is 33.5. The topological polar surface area (TPSA) is 78.9 Å². The van der Waals surface area contributed by atoms with Crippen LogP contribution in [0.15, 0.2) is 122 Å². The van der Waals surface area contributed by atoms with Gasteiger partial charge in [0.2, 0.25) is 0 Å². The van der Waals surface area contributed by atoms with Gasteiger partial charge in [-0.1, -0.05) is 277 Å². The fraction of sp³-hybridized carbons (Fsp3) is 0.689. The second-order valence-electron chi connectivity index (χ2n) is 22.0. The largest absolute Gasteiger partial charge is 0.462 e. The summed E-state index contributed by atoms with van der Waals surface area (Å²) in [5.74, 6) is -0.917. The van der Waals surface area contributed by atoms with Gasteiger partial charge in [-0.15, -0.1) is 0 Å². The molecule has 0 aliphatic heterocycles. The van der Waals surface area contributed by atoms with Gasteiger partial charge in [0.25, 0.3) is 0 Å². The first-order valence-electron chi connectivity index (χ1n) is 33.5. The molecule has 0 aromatic carbocycles. The monoisotopic (exact) mass is 1110 g/mol. The number of hydrogen-bond donors (Lipinski definition) is 0. The van der Waals surface area contributed by atoms with E-state index in [4.69, 9.17) is 14.2 Å². The van der Waals surface area contributed by atoms with E-state index in [2.05, 4.69) is 142 Å². The first kappa shape index (κ1) is 75.8. The Morgan fingerprint density at radius 1 is 0.263 bits per heavy atom. The fourth-order valence-electron chi connectivity index (χ4n) is 9.15. The summed E-state index contributed by atoms with van der Waals surface area (Å²) in [6.45, 7) is 6.49. The van der Waals surface area contributed by atoms with Crippen molar-refractivity contribution in [2.24, 2.45) is 0 Å². The Hall–Kier alpha value is -4.19. The zero-order chi connectivity index (χ0) is 57.8. The highest BCUT2D eigenvalue weighted by Crippen LogP contribution is 2.15. The van der Waals surface area contributed by atoms with Gasteiger partial charge in [0.15, 0.2) is 6.10 Å². The van der Waals surface area contributed by atoms with Gasteiger partial charge in [-0.25, -0.2) is 0 Å². The first-order chi connectivity index (χ1) is 39.5. The van der Waals surface area contributed by atoms with Gasteiger partial charge in [0, 0.05) is 19.3 Å². The van der Waals surface area contributed by atoms with Crippen LogP contribution in [0.4, 0.5) is 0 Å². The van der Waals surface area contributed by atoms with E-state index in [0.29, 0.717) is 19.3 Å². The van der Waals surface area contributed by atoms with Crippen molar-refractivity contribution in [2.75, 3.05) is 13.2 Å². The van der Waals surface area contributed by atoms with Crippen molar-refractivity contribution in [1.82, 2.24) is 0 Å². The molecule has 6 heteroatoms. The Morgan fingerprint density at radius 3 is 0.775 bits per heavy atom. The number of esters is 3. The lowest BCUT2D eigenvalue weighted by Gasteiger charge is -2.18. The summed E-state index contributed by atoms with van der Waals surface area (Å²) in [4.78, 5) is 38.4. The number of ether oxygens (including phenoxy) is 3. The molecule has 0 amide bonds. The summed E-state index contributed by atoms with van der Waals surface area (Å²) >= 11 is 0. The highest BCUT2D eigenvalue weighted by atomic mass is 16.6. The Balaban J connectivity index is 4.43. The average molecular weight is 1110 g/mol. The van der Waals surface area contributed by atoms with E-state index in [9.17, 15) is 14.4 Å². The molecule has 0 fully saturated rings. The van der Waals surface area contributed by atoms with Crippen LogP contribution >= 0.6 is 0 Å². The number of hydrogen-bond acceptors (Lipinski definition) is 6. The van der Waals surface area contributed by atoms with Crippen LogP contribution in [0.25, 0.3) is 0 Å². The molecule has 0 radical (unpaired) electrons. The zero-order valence-electron chi connectivity index (χ0n) is 52.3. The highest BCUT2D eigenvalue weighted by molar-refractivity contribution is 5.71. The Kier molecular flexibility index (Phi) is 63.8. The molecule has 0 heterocycles. The Bertz CT molecular complexity index is 1650. The Labute approximate surface area is 494 Å². The third-order valence-electron chi connectivity index (χ3n) is 14.2. The van der Waals surface area contributed by atoms with Gasteiger partial charge >= 0.3 is 17.9 Å². The van der Waals surface area contributed by atoms with Crippen molar-refractivity contribution in [3.63, 3.8) is 0 Å². The number of allylic oxidation sites excluding steroid dienone is 20. The smallest absolute Gasteiger partial charge is 0.306 e. The van der Waals surface area contributed by atoms with Crippen LogP contribution in [-0.4, -0.2) is 37.2 Å². The maximum absolute atomic E-state index is 12.9. The van der Waals surface area contributed by atoms with E-state index in [1.807, 2.05) is 0 Å². The van der Waals surface area contributed by atoms with Crippen molar-refractivity contribution >= 4 is 17.9 Å². The normalized spacial score (nSPS) is 12.9. The molecule has 0 spiro atoms. The summed E-state index contributed by atoms with van der Waals surface area (Å²) in [5.41, 5.74) is 0. The van der Waals surface area contributed by atoms with Crippen molar-refractivity contribution in [2.45, 2.75) is 316 Å². The minimum absolute atomic E-state index is 0.0935. The third-order valence-corrected chi connectivity index (χ3v) is 14.2. The van der Waals surface area contributed by atoms with Crippen LogP contribution in [-0.2, 0) is 28.6 Å². The van der Waals surface area contributed by atoms with Crippen LogP contribution in [0.2, 0.25) is 0 Å². The van der Waals surface area contributed by atoms with Crippen LogP contribution in [0.1, 0.15) is 310 Å². The second kappa shape index (κ2) is 67.3. The van der Waals surface area contributed by atoms with Crippen LogP contribution in [0.3, 0.4) is 0 Å². The number of unbranched alkanes of at least 4 members (excludes halogenated alkanes) is 29. The van der Waals surface area contributed by atoms with Crippen LogP contribution in [0, 0.1) is 0 Å². The standard InChI is InChI=1S/C74H124O6/c1-4-7-10-13-16-19-22-25-28-31-33-35-36-37-38-40-41-43-46-49-52-55-58-61-64-67-73(76)79-70-71(69-78-72(75)66-63-60-57-54-51-48-45-30-27-24-21-18-15-12-9-6-3)80-74(77)68-65-62-59-56-53-50-47-44-42-39-34-32-29-26-23-20-17-14-11-8-5-2/h7,10,16,19,21,23-26,28,30,32-35,37-38,41,43,45,71H,4-6,8-9,11-15,17-18,20,22,27,29,31,36,39-40,42,44,46-70H2,1-3H3/b10-7-,19-16-,24-21-,26-23-,28-25-,34-32-,35-33-,38-37-,43-41-,45-30-. The van der Waals surface area contributed by atoms with E-state index < -0.39 is 6.10 Å². The summed E-state index contributed by atoms with van der Waals surface area (Å²) in [6.07, 6.45) is 93.4. The van der Waals surface area contributed by atoms with Crippen LogP contribution < -0.4 is 0 Å². The third kappa shape index (κ3) is 64.6. The summed E-state index contributed by atoms with van der Waals surface area (Å²) in [7, 11) is 0. The molecule has 456 valence electrons. The van der Waals surface area contributed by atoms with E-state index in [0.717, 1.165) is 141 Å². The minimum Gasteiger partial charge on any atom is -0.462 e. The molecule has 0 aromatic heterocycles. The molecule has 0 saturated carbocycles. The van der Waals surface area contributed by atoms with Crippen molar-refractivity contribution in [3.8, 4) is 0 Å². The molecule has 1 atom stereocenters. The van der Waals surface area contributed by atoms with Gasteiger partial charge in [-0.3, -0.25) is 14.4 Å². The van der Waals surface area contributed by atoms with Gasteiger partial charge in [-0.05, 0) is 135 Å². The number of carbonyl (C=O) groups is 3. The quantitative estimate of drug-likeness (QED) is 0.0261. The lowest BCUT2D eigenvalue weighted by Crippen LogP contribution is -2.30. The minimum atomic E-state index is -0.798. The number of rotatable bonds is 60. The summed E-state index contributed by atoms with van der Waals surface area (Å²) < 4.78 is 16.9. The lowest BCUT2D eigenvalue weighted by atomic mass is 10.1. The lowest BCUT2D eigenvalue weighted by molar-refractivity contribution is -0.167. The molecule has 0 bridgehead atoms. The number of carbonyl (C=O) groups excluding carboxylic acids is 3. The molecule has 0 aromatic rings. The summed E-state index contributed by atoms with van der Waals surface area (Å²) in [6, 6.07) is 0. The second-order valence-corrected chi connectivity index (χ2v) is 22.0. The molecule has 6 nitrogen and oxygen atoms in total. The van der Waals surface area contributed by atoms with Crippen LogP contribution in [0.5, 0.6) is 0 Å². The molecule has 0 N–H and O–H groups in total.